The number of esters is 1. The van der Waals surface area contributed by atoms with Crippen LogP contribution in [0, 0.1) is 17.0 Å². The van der Waals surface area contributed by atoms with Crippen molar-refractivity contribution in [1.29, 1.82) is 0 Å². The Hall–Kier alpha value is -2.48. The number of anilines is 2. The maximum atomic E-state index is 11.7. The lowest BCUT2D eigenvalue weighted by Crippen LogP contribution is -2.06. The van der Waals surface area contributed by atoms with E-state index in [0.29, 0.717) is 15.7 Å². The zero-order valence-corrected chi connectivity index (χ0v) is 12.3. The van der Waals surface area contributed by atoms with Gasteiger partial charge in [0.15, 0.2) is 10.8 Å². The predicted molar refractivity (Wildman–Crippen MR) is 79.2 cm³/mol. The lowest BCUT2D eigenvalue weighted by atomic mass is 10.3. The Kier molecular flexibility index (Phi) is 4.49. The summed E-state index contributed by atoms with van der Waals surface area (Å²) in [6.45, 7) is 3.73. The molecule has 0 aliphatic heterocycles. The number of rotatable bonds is 5. The van der Waals surface area contributed by atoms with Crippen molar-refractivity contribution in [2.45, 2.75) is 13.8 Å². The SMILES string of the molecule is CCOC(=O)c1nc(Nc2ccccc2[N+](=O)[O-])sc1C. The van der Waals surface area contributed by atoms with E-state index in [0.717, 1.165) is 0 Å². The fourth-order valence-corrected chi connectivity index (χ4v) is 2.51. The van der Waals surface area contributed by atoms with Gasteiger partial charge in [-0.15, -0.1) is 11.3 Å². The van der Waals surface area contributed by atoms with Gasteiger partial charge in [0, 0.05) is 10.9 Å². The molecule has 0 fully saturated rings. The monoisotopic (exact) mass is 307 g/mol. The summed E-state index contributed by atoms with van der Waals surface area (Å²) < 4.78 is 4.90. The number of para-hydroxylation sites is 2. The van der Waals surface area contributed by atoms with Crippen LogP contribution >= 0.6 is 11.3 Å². The van der Waals surface area contributed by atoms with Gasteiger partial charge in [-0.25, -0.2) is 9.78 Å². The predicted octanol–water partition coefficient (Wildman–Crippen LogP) is 3.28. The Morgan fingerprint density at radius 3 is 2.86 bits per heavy atom. The summed E-state index contributed by atoms with van der Waals surface area (Å²) in [7, 11) is 0. The number of ether oxygens (including phenoxy) is 1. The van der Waals surface area contributed by atoms with E-state index in [1.54, 1.807) is 32.0 Å². The number of nitro groups is 1. The molecule has 0 aliphatic rings. The Labute approximate surface area is 124 Å². The standard InChI is InChI=1S/C13H13N3O4S/c1-3-20-12(17)11-8(2)21-13(15-11)14-9-6-4-5-7-10(9)16(18)19/h4-7H,3H2,1-2H3,(H,14,15). The van der Waals surface area contributed by atoms with E-state index >= 15 is 0 Å². The Bertz CT molecular complexity index is 684. The maximum Gasteiger partial charge on any atom is 0.358 e. The summed E-state index contributed by atoms with van der Waals surface area (Å²) >= 11 is 1.24. The van der Waals surface area contributed by atoms with E-state index in [1.807, 2.05) is 0 Å². The van der Waals surface area contributed by atoms with Crippen LogP contribution in [0.2, 0.25) is 0 Å². The molecule has 0 bridgehead atoms. The highest BCUT2D eigenvalue weighted by atomic mass is 32.1. The fourth-order valence-electron chi connectivity index (χ4n) is 1.69. The number of aromatic nitrogens is 1. The van der Waals surface area contributed by atoms with E-state index in [9.17, 15) is 14.9 Å². The minimum atomic E-state index is -0.498. The summed E-state index contributed by atoms with van der Waals surface area (Å²) in [5, 5.41) is 14.2. The molecule has 2 rings (SSSR count). The average Bonchev–Trinajstić information content (AvgIpc) is 2.80. The van der Waals surface area contributed by atoms with Crippen molar-refractivity contribution in [1.82, 2.24) is 4.98 Å². The molecular weight excluding hydrogens is 294 g/mol. The van der Waals surface area contributed by atoms with E-state index in [2.05, 4.69) is 10.3 Å². The van der Waals surface area contributed by atoms with E-state index in [4.69, 9.17) is 4.74 Å². The highest BCUT2D eigenvalue weighted by Crippen LogP contribution is 2.30. The van der Waals surface area contributed by atoms with Gasteiger partial charge in [0.05, 0.1) is 11.5 Å². The first-order chi connectivity index (χ1) is 10.0. The third kappa shape index (κ3) is 3.34. The van der Waals surface area contributed by atoms with E-state index < -0.39 is 10.9 Å². The molecule has 1 aromatic heterocycles. The van der Waals surface area contributed by atoms with Crippen LogP contribution in [0.25, 0.3) is 0 Å². The molecule has 0 amide bonds. The number of aryl methyl sites for hydroxylation is 1. The van der Waals surface area contributed by atoms with Crippen LogP contribution in [0.4, 0.5) is 16.5 Å². The van der Waals surface area contributed by atoms with Crippen molar-refractivity contribution in [3.05, 3.63) is 45.0 Å². The topological polar surface area (TPSA) is 94.4 Å². The van der Waals surface area contributed by atoms with Gasteiger partial charge < -0.3 is 10.1 Å². The Morgan fingerprint density at radius 2 is 2.19 bits per heavy atom. The van der Waals surface area contributed by atoms with Gasteiger partial charge in [-0.2, -0.15) is 0 Å². The minimum Gasteiger partial charge on any atom is -0.461 e. The molecule has 0 unspecified atom stereocenters. The van der Waals surface area contributed by atoms with Crippen LogP contribution in [-0.4, -0.2) is 22.5 Å². The number of carbonyl (C=O) groups is 1. The quantitative estimate of drug-likeness (QED) is 0.517. The summed E-state index contributed by atoms with van der Waals surface area (Å²) in [5.74, 6) is -0.498. The normalized spacial score (nSPS) is 10.2. The largest absolute Gasteiger partial charge is 0.461 e. The van der Waals surface area contributed by atoms with Crippen LogP contribution in [0.15, 0.2) is 24.3 Å². The van der Waals surface area contributed by atoms with Gasteiger partial charge in [-0.1, -0.05) is 12.1 Å². The van der Waals surface area contributed by atoms with Gasteiger partial charge >= 0.3 is 5.97 Å². The number of benzene rings is 1. The summed E-state index contributed by atoms with van der Waals surface area (Å²) in [6, 6.07) is 6.25. The molecule has 0 saturated carbocycles. The zero-order valence-electron chi connectivity index (χ0n) is 11.5. The molecule has 8 heteroatoms. The molecule has 0 spiro atoms. The van der Waals surface area contributed by atoms with E-state index in [-0.39, 0.29) is 18.0 Å². The Morgan fingerprint density at radius 1 is 1.48 bits per heavy atom. The minimum absolute atomic E-state index is 0.0527. The van der Waals surface area contributed by atoms with Crippen LogP contribution in [-0.2, 0) is 4.74 Å². The number of hydrogen-bond acceptors (Lipinski definition) is 7. The molecule has 7 nitrogen and oxygen atoms in total. The second-order valence-corrected chi connectivity index (χ2v) is 5.25. The molecule has 21 heavy (non-hydrogen) atoms. The molecule has 1 heterocycles. The molecule has 1 N–H and O–H groups in total. The first kappa shape index (κ1) is 14.9. The summed E-state index contributed by atoms with van der Waals surface area (Å²) in [6.07, 6.45) is 0. The molecule has 0 radical (unpaired) electrons. The van der Waals surface area contributed by atoms with Crippen LogP contribution < -0.4 is 5.32 Å². The first-order valence-corrected chi connectivity index (χ1v) is 6.99. The highest BCUT2D eigenvalue weighted by molar-refractivity contribution is 7.15. The highest BCUT2D eigenvalue weighted by Gasteiger charge is 2.18. The number of carbonyl (C=O) groups excluding carboxylic acids is 1. The second-order valence-electron chi connectivity index (χ2n) is 4.04. The van der Waals surface area contributed by atoms with Gasteiger partial charge in [0.2, 0.25) is 0 Å². The van der Waals surface area contributed by atoms with Gasteiger partial charge in [-0.05, 0) is 19.9 Å². The van der Waals surface area contributed by atoms with Crippen molar-refractivity contribution >= 4 is 33.8 Å². The maximum absolute atomic E-state index is 11.7. The van der Waals surface area contributed by atoms with Gasteiger partial charge in [0.1, 0.15) is 5.69 Å². The zero-order chi connectivity index (χ0) is 15.4. The molecule has 0 saturated heterocycles. The number of hydrogen-bond donors (Lipinski definition) is 1. The molecule has 2 aromatic rings. The molecule has 0 atom stereocenters. The fraction of sp³-hybridized carbons (Fsp3) is 0.231. The van der Waals surface area contributed by atoms with Crippen molar-refractivity contribution < 1.29 is 14.5 Å². The third-order valence-corrected chi connectivity index (χ3v) is 3.49. The van der Waals surface area contributed by atoms with Crippen molar-refractivity contribution in [3.8, 4) is 0 Å². The number of nitro benzene ring substituents is 1. The third-order valence-electron chi connectivity index (χ3n) is 2.61. The summed E-state index contributed by atoms with van der Waals surface area (Å²) in [4.78, 5) is 27.0. The molecule has 0 aliphatic carbocycles. The van der Waals surface area contributed by atoms with Gasteiger partial charge in [-0.3, -0.25) is 10.1 Å². The van der Waals surface area contributed by atoms with Crippen molar-refractivity contribution in [2.75, 3.05) is 11.9 Å². The summed E-state index contributed by atoms with van der Waals surface area (Å²) in [5.41, 5.74) is 0.498. The van der Waals surface area contributed by atoms with Crippen molar-refractivity contribution in [2.24, 2.45) is 0 Å². The number of thiazole rings is 1. The lowest BCUT2D eigenvalue weighted by Gasteiger charge is -2.02. The molecular formula is C13H13N3O4S. The smallest absolute Gasteiger partial charge is 0.358 e. The molecule has 1 aromatic carbocycles. The lowest BCUT2D eigenvalue weighted by molar-refractivity contribution is -0.383. The number of nitrogens with zero attached hydrogens (tertiary/aromatic N) is 2. The van der Waals surface area contributed by atoms with Crippen LogP contribution in [0.5, 0.6) is 0 Å². The van der Waals surface area contributed by atoms with Crippen molar-refractivity contribution in [3.63, 3.8) is 0 Å². The van der Waals surface area contributed by atoms with Gasteiger partial charge in [0.25, 0.3) is 5.69 Å². The van der Waals surface area contributed by atoms with E-state index in [1.165, 1.54) is 17.4 Å². The number of nitrogens with one attached hydrogen (secondary N) is 1. The second kappa shape index (κ2) is 6.31. The van der Waals surface area contributed by atoms with Crippen LogP contribution in [0.1, 0.15) is 22.3 Å². The molecule has 110 valence electrons. The average molecular weight is 307 g/mol. The Balaban J connectivity index is 2.27. The first-order valence-electron chi connectivity index (χ1n) is 6.18. The van der Waals surface area contributed by atoms with Crippen LogP contribution in [0.3, 0.4) is 0 Å².